The van der Waals surface area contributed by atoms with Gasteiger partial charge in [-0.15, -0.1) is 0 Å². The summed E-state index contributed by atoms with van der Waals surface area (Å²) < 4.78 is 28.7. The Labute approximate surface area is 129 Å². The third-order valence-electron chi connectivity index (χ3n) is 5.43. The van der Waals surface area contributed by atoms with E-state index < -0.39 is 10.2 Å². The highest BCUT2D eigenvalue weighted by Gasteiger charge is 2.35. The zero-order valence-electron chi connectivity index (χ0n) is 13.4. The van der Waals surface area contributed by atoms with Crippen molar-refractivity contribution >= 4 is 10.2 Å². The van der Waals surface area contributed by atoms with Crippen molar-refractivity contribution in [2.75, 3.05) is 26.7 Å². The molecule has 0 unspecified atom stereocenters. The van der Waals surface area contributed by atoms with Gasteiger partial charge in [0.15, 0.2) is 0 Å². The molecule has 0 radical (unpaired) electrons. The summed E-state index contributed by atoms with van der Waals surface area (Å²) in [7, 11) is -1.59. The van der Waals surface area contributed by atoms with Crippen LogP contribution in [0.25, 0.3) is 0 Å². The Morgan fingerprint density at radius 3 is 2.10 bits per heavy atom. The fourth-order valence-corrected chi connectivity index (χ4v) is 5.23. The fraction of sp³-hybridized carbons (Fsp3) is 1.00. The number of aliphatic hydroxyl groups is 1. The highest BCUT2D eigenvalue weighted by Crippen LogP contribution is 2.31. The molecule has 0 bridgehead atoms. The zero-order chi connectivity index (χ0) is 15.5. The molecule has 2 rings (SSSR count). The average molecular weight is 318 g/mol. The Morgan fingerprint density at radius 2 is 1.62 bits per heavy atom. The van der Waals surface area contributed by atoms with Crippen LogP contribution in [0.4, 0.5) is 0 Å². The molecule has 6 heteroatoms. The topological polar surface area (TPSA) is 60.9 Å². The van der Waals surface area contributed by atoms with Gasteiger partial charge in [-0.05, 0) is 50.4 Å². The van der Waals surface area contributed by atoms with Crippen molar-refractivity contribution < 1.29 is 13.5 Å². The number of nitrogens with zero attached hydrogens (tertiary/aromatic N) is 2. The van der Waals surface area contributed by atoms with Crippen molar-refractivity contribution in [3.05, 3.63) is 0 Å². The summed E-state index contributed by atoms with van der Waals surface area (Å²) in [6, 6.07) is 0.161. The van der Waals surface area contributed by atoms with Gasteiger partial charge in [-0.1, -0.05) is 13.3 Å². The van der Waals surface area contributed by atoms with Crippen LogP contribution in [0.15, 0.2) is 0 Å². The molecule has 0 amide bonds. The molecule has 1 heterocycles. The minimum Gasteiger partial charge on any atom is -0.396 e. The maximum Gasteiger partial charge on any atom is 0.281 e. The number of hydrogen-bond acceptors (Lipinski definition) is 3. The number of piperidine rings is 1. The van der Waals surface area contributed by atoms with Crippen LogP contribution in [0.5, 0.6) is 0 Å². The Morgan fingerprint density at radius 1 is 1.05 bits per heavy atom. The molecule has 0 aromatic rings. The molecule has 0 aromatic heterocycles. The molecule has 0 atom stereocenters. The van der Waals surface area contributed by atoms with E-state index in [1.807, 2.05) is 0 Å². The summed E-state index contributed by atoms with van der Waals surface area (Å²) in [6.45, 7) is 3.48. The Hall–Kier alpha value is -0.170. The smallest absolute Gasteiger partial charge is 0.281 e. The van der Waals surface area contributed by atoms with Crippen LogP contribution in [0.2, 0.25) is 0 Å². The molecule has 0 spiro atoms. The molecule has 1 aliphatic carbocycles. The summed E-state index contributed by atoms with van der Waals surface area (Å²) in [4.78, 5) is 0. The van der Waals surface area contributed by atoms with Gasteiger partial charge in [0.25, 0.3) is 10.2 Å². The summed E-state index contributed by atoms with van der Waals surface area (Å²) in [6.07, 6.45) is 7.01. The maximum absolute atomic E-state index is 12.7. The predicted molar refractivity (Wildman–Crippen MR) is 84.1 cm³/mol. The van der Waals surface area contributed by atoms with Crippen LogP contribution in [0.3, 0.4) is 0 Å². The molecule has 0 aromatic carbocycles. The van der Waals surface area contributed by atoms with Crippen molar-refractivity contribution in [3.8, 4) is 0 Å². The van der Waals surface area contributed by atoms with Gasteiger partial charge in [-0.25, -0.2) is 0 Å². The molecule has 21 heavy (non-hydrogen) atoms. The average Bonchev–Trinajstić information content (AvgIpc) is 2.54. The lowest BCUT2D eigenvalue weighted by Crippen LogP contribution is -2.50. The van der Waals surface area contributed by atoms with Gasteiger partial charge in [-0.2, -0.15) is 17.0 Å². The first kappa shape index (κ1) is 17.2. The first-order chi connectivity index (χ1) is 9.98. The molecule has 1 saturated carbocycles. The molecular weight excluding hydrogens is 288 g/mol. The molecule has 1 saturated heterocycles. The quantitative estimate of drug-likeness (QED) is 0.841. The maximum atomic E-state index is 12.7. The lowest BCUT2D eigenvalue weighted by molar-refractivity contribution is 0.161. The van der Waals surface area contributed by atoms with E-state index in [1.165, 1.54) is 6.42 Å². The van der Waals surface area contributed by atoms with Gasteiger partial charge >= 0.3 is 0 Å². The van der Waals surface area contributed by atoms with Crippen molar-refractivity contribution in [1.29, 1.82) is 0 Å². The van der Waals surface area contributed by atoms with Gasteiger partial charge in [-0.3, -0.25) is 0 Å². The van der Waals surface area contributed by atoms with Crippen LogP contribution < -0.4 is 0 Å². The van der Waals surface area contributed by atoms with Crippen molar-refractivity contribution in [3.63, 3.8) is 0 Å². The van der Waals surface area contributed by atoms with E-state index in [1.54, 1.807) is 15.7 Å². The number of hydrogen-bond donors (Lipinski definition) is 1. The second-order valence-corrected chi connectivity index (χ2v) is 8.62. The van der Waals surface area contributed by atoms with Crippen LogP contribution >= 0.6 is 0 Å². The third-order valence-corrected chi connectivity index (χ3v) is 7.47. The Balaban J connectivity index is 1.93. The molecule has 2 fully saturated rings. The first-order valence-electron chi connectivity index (χ1n) is 8.33. The van der Waals surface area contributed by atoms with E-state index in [4.69, 9.17) is 5.11 Å². The van der Waals surface area contributed by atoms with E-state index >= 15 is 0 Å². The van der Waals surface area contributed by atoms with Crippen molar-refractivity contribution in [2.24, 2.45) is 11.8 Å². The standard InChI is InChI=1S/C15H30N2O3S/c1-3-13-4-6-15(7-5-13)16(2)21(19,20)17-10-8-14(12-18)9-11-17/h13-15,18H,3-12H2,1-2H3. The Bertz CT molecular complexity index is 411. The lowest BCUT2D eigenvalue weighted by atomic mass is 9.85. The van der Waals surface area contributed by atoms with E-state index in [-0.39, 0.29) is 18.6 Å². The molecule has 124 valence electrons. The van der Waals surface area contributed by atoms with E-state index in [9.17, 15) is 8.42 Å². The second kappa shape index (κ2) is 7.40. The highest BCUT2D eigenvalue weighted by molar-refractivity contribution is 7.86. The first-order valence-corrected chi connectivity index (χ1v) is 9.72. The SMILES string of the molecule is CCC1CCC(N(C)S(=O)(=O)N2CCC(CO)CC2)CC1. The van der Waals surface area contributed by atoms with Crippen LogP contribution in [0, 0.1) is 11.8 Å². The minimum absolute atomic E-state index is 0.161. The largest absolute Gasteiger partial charge is 0.396 e. The van der Waals surface area contributed by atoms with E-state index in [0.717, 1.165) is 44.4 Å². The van der Waals surface area contributed by atoms with Crippen molar-refractivity contribution in [1.82, 2.24) is 8.61 Å². The predicted octanol–water partition coefficient (Wildman–Crippen LogP) is 1.84. The molecular formula is C15H30N2O3S. The minimum atomic E-state index is -3.33. The summed E-state index contributed by atoms with van der Waals surface area (Å²) in [5, 5.41) is 9.16. The second-order valence-electron chi connectivity index (χ2n) is 6.63. The van der Waals surface area contributed by atoms with Crippen LogP contribution in [-0.2, 0) is 10.2 Å². The van der Waals surface area contributed by atoms with Gasteiger partial charge < -0.3 is 5.11 Å². The number of rotatable bonds is 5. The number of aliphatic hydroxyl groups excluding tert-OH is 1. The zero-order valence-corrected chi connectivity index (χ0v) is 14.2. The van der Waals surface area contributed by atoms with E-state index in [2.05, 4.69) is 6.92 Å². The molecule has 2 aliphatic rings. The molecule has 1 aliphatic heterocycles. The highest BCUT2D eigenvalue weighted by atomic mass is 32.2. The third kappa shape index (κ3) is 3.97. The van der Waals surface area contributed by atoms with Crippen LogP contribution in [0.1, 0.15) is 51.9 Å². The lowest BCUT2D eigenvalue weighted by Gasteiger charge is -2.38. The molecule has 5 nitrogen and oxygen atoms in total. The van der Waals surface area contributed by atoms with Crippen molar-refractivity contribution in [2.45, 2.75) is 57.9 Å². The normalized spacial score (nSPS) is 29.9. The fourth-order valence-electron chi connectivity index (χ4n) is 3.61. The van der Waals surface area contributed by atoms with Gasteiger partial charge in [0.05, 0.1) is 0 Å². The summed E-state index contributed by atoms with van der Waals surface area (Å²) in [5.41, 5.74) is 0. The summed E-state index contributed by atoms with van der Waals surface area (Å²) in [5.74, 6) is 1.04. The summed E-state index contributed by atoms with van der Waals surface area (Å²) >= 11 is 0. The van der Waals surface area contributed by atoms with Gasteiger partial charge in [0, 0.05) is 32.8 Å². The van der Waals surface area contributed by atoms with Gasteiger partial charge in [0.2, 0.25) is 0 Å². The molecule has 1 N–H and O–H groups in total. The van der Waals surface area contributed by atoms with Crippen LogP contribution in [-0.4, -0.2) is 54.9 Å². The Kier molecular flexibility index (Phi) is 6.05. The van der Waals surface area contributed by atoms with E-state index in [0.29, 0.717) is 13.1 Å². The monoisotopic (exact) mass is 318 g/mol. The van der Waals surface area contributed by atoms with Gasteiger partial charge in [0.1, 0.15) is 0 Å².